The van der Waals surface area contributed by atoms with Gasteiger partial charge >= 0.3 is 16.8 Å². The Morgan fingerprint density at radius 2 is 0.902 bits per heavy atom. The van der Waals surface area contributed by atoms with Crippen molar-refractivity contribution in [2.75, 3.05) is 0 Å². The van der Waals surface area contributed by atoms with E-state index >= 15 is 0 Å². The molecule has 5 heterocycles. The summed E-state index contributed by atoms with van der Waals surface area (Å²) in [5.74, 6) is 1.24. The van der Waals surface area contributed by atoms with E-state index in [9.17, 15) is 0 Å². The van der Waals surface area contributed by atoms with E-state index in [-0.39, 0.29) is 16.8 Å². The molecule has 0 unspecified atom stereocenters. The van der Waals surface area contributed by atoms with Gasteiger partial charge in [0.15, 0.2) is 0 Å². The van der Waals surface area contributed by atoms with Gasteiger partial charge in [-0.3, -0.25) is 0 Å². The molecule has 4 aromatic heterocycles. The molecule has 9 heteroatoms. The summed E-state index contributed by atoms with van der Waals surface area (Å²) in [7, 11) is 0. The van der Waals surface area contributed by atoms with Gasteiger partial charge in [0.25, 0.3) is 0 Å². The standard InChI is InChI=1S/C32H20N8.Co/c1-2-10-18-17(9-1)25-33-26(18)38-28-21-13-5-6-14-22(21)30(35-28)40-32-24-16-8-7-15-23(24)31(36-32)39-29-20-12-4-3-11-19(20)27(34-29)37-25;/h1-16,33,36-37,39H;/q-2;+2. The Labute approximate surface area is 242 Å². The minimum absolute atomic E-state index is 0. The van der Waals surface area contributed by atoms with Gasteiger partial charge in [-0.15, -0.1) is 0 Å². The fourth-order valence-corrected chi connectivity index (χ4v) is 5.73. The van der Waals surface area contributed by atoms with Crippen molar-refractivity contribution < 1.29 is 16.8 Å². The summed E-state index contributed by atoms with van der Waals surface area (Å²) < 4.78 is 0. The van der Waals surface area contributed by atoms with Crippen molar-refractivity contribution >= 4 is 66.2 Å². The number of aromatic nitrogens is 8. The van der Waals surface area contributed by atoms with E-state index in [4.69, 9.17) is 19.9 Å². The molecular weight excluding hydrogens is 555 g/mol. The molecule has 8 bridgehead atoms. The minimum Gasteiger partial charge on any atom is -0.411 e. The van der Waals surface area contributed by atoms with Gasteiger partial charge in [0, 0.05) is 44.7 Å². The zero-order valence-electron chi connectivity index (χ0n) is 21.4. The minimum atomic E-state index is 0. The van der Waals surface area contributed by atoms with Crippen LogP contribution in [-0.4, -0.2) is 29.9 Å². The van der Waals surface area contributed by atoms with Crippen LogP contribution < -0.4 is 9.97 Å². The second-order valence-corrected chi connectivity index (χ2v) is 9.92. The molecule has 41 heavy (non-hydrogen) atoms. The van der Waals surface area contributed by atoms with Gasteiger partial charge in [-0.2, -0.15) is 0 Å². The third-order valence-electron chi connectivity index (χ3n) is 7.59. The number of nitrogens with zero attached hydrogens (tertiary/aromatic N) is 4. The Morgan fingerprint density at radius 1 is 0.439 bits per heavy atom. The zero-order chi connectivity index (χ0) is 26.2. The fourth-order valence-electron chi connectivity index (χ4n) is 5.73. The molecule has 8 nitrogen and oxygen atoms in total. The van der Waals surface area contributed by atoms with Crippen LogP contribution in [0, 0.1) is 0 Å². The molecule has 1 aliphatic rings. The molecular formula is C32H20CoN8. The molecule has 0 amide bonds. The van der Waals surface area contributed by atoms with Crippen molar-refractivity contribution in [1.82, 2.24) is 39.9 Å². The molecule has 0 saturated heterocycles. The van der Waals surface area contributed by atoms with Gasteiger partial charge in [0.1, 0.15) is 5.65 Å². The van der Waals surface area contributed by atoms with Crippen molar-refractivity contribution in [3.8, 4) is 22.8 Å². The van der Waals surface area contributed by atoms with E-state index < -0.39 is 0 Å². The summed E-state index contributed by atoms with van der Waals surface area (Å²) in [4.78, 5) is 34.2. The molecule has 0 atom stereocenters. The Hall–Kier alpha value is -5.25. The molecule has 4 N–H and O–H groups in total. The molecule has 0 spiro atoms. The van der Waals surface area contributed by atoms with Gasteiger partial charge in [0.2, 0.25) is 0 Å². The van der Waals surface area contributed by atoms with Crippen LogP contribution in [0.5, 0.6) is 0 Å². The zero-order valence-corrected chi connectivity index (χ0v) is 22.4. The third kappa shape index (κ3) is 3.53. The van der Waals surface area contributed by atoms with Crippen molar-refractivity contribution in [2.45, 2.75) is 0 Å². The summed E-state index contributed by atoms with van der Waals surface area (Å²) in [6.07, 6.45) is 0. The van der Waals surface area contributed by atoms with Crippen LogP contribution >= 0.6 is 0 Å². The van der Waals surface area contributed by atoms with Crippen LogP contribution in [0.2, 0.25) is 0 Å². The average molecular weight is 576 g/mol. The maximum absolute atomic E-state index is 5.04. The van der Waals surface area contributed by atoms with E-state index in [2.05, 4.69) is 56.3 Å². The molecule has 8 aromatic rings. The first-order valence-corrected chi connectivity index (χ1v) is 13.1. The van der Waals surface area contributed by atoms with Crippen LogP contribution in [-0.2, 0) is 16.8 Å². The number of benzene rings is 4. The van der Waals surface area contributed by atoms with E-state index in [0.29, 0.717) is 11.6 Å². The number of rotatable bonds is 0. The first-order chi connectivity index (χ1) is 19.8. The normalized spacial score (nSPS) is 11.7. The van der Waals surface area contributed by atoms with Gasteiger partial charge in [-0.25, -0.2) is 4.98 Å². The molecule has 1 aliphatic heterocycles. The second-order valence-electron chi connectivity index (χ2n) is 9.92. The molecule has 1 radical (unpaired) electrons. The SMILES string of the molecule is [Co+2].c1ccc2c(c1)-c1nc-2[n-]c2[nH]c([nH]c3[n-]c([nH]c4[nH]c(n1)c1ccccc41)c1ccccc31)c1ccccc21. The van der Waals surface area contributed by atoms with E-state index in [1.165, 1.54) is 0 Å². The van der Waals surface area contributed by atoms with E-state index in [1.807, 2.05) is 60.7 Å². The summed E-state index contributed by atoms with van der Waals surface area (Å²) in [5.41, 5.74) is 6.49. The van der Waals surface area contributed by atoms with Crippen molar-refractivity contribution in [1.29, 1.82) is 0 Å². The number of H-pyrrole nitrogens is 4. The third-order valence-corrected chi connectivity index (χ3v) is 7.59. The Bertz CT molecular complexity index is 2290. The van der Waals surface area contributed by atoms with Gasteiger partial charge in [-0.1, -0.05) is 97.1 Å². The van der Waals surface area contributed by atoms with Crippen LogP contribution in [0.25, 0.3) is 89.0 Å². The number of fused-ring (bicyclic) bond motifs is 20. The largest absolute Gasteiger partial charge is 2.00 e. The molecule has 0 saturated carbocycles. The Balaban J connectivity index is 0.00000256. The number of aromatic amines is 4. The molecule has 9 rings (SSSR count). The van der Waals surface area contributed by atoms with E-state index in [1.54, 1.807) is 0 Å². The van der Waals surface area contributed by atoms with Gasteiger partial charge in [0.05, 0.1) is 11.5 Å². The van der Waals surface area contributed by atoms with Crippen LogP contribution in [0.4, 0.5) is 0 Å². The van der Waals surface area contributed by atoms with Gasteiger partial charge < -0.3 is 34.9 Å². The maximum atomic E-state index is 5.04. The Kier molecular flexibility index (Phi) is 5.12. The fraction of sp³-hybridized carbons (Fsp3) is 0. The topological polar surface area (TPSA) is 117 Å². The summed E-state index contributed by atoms with van der Waals surface area (Å²) in [6, 6.07) is 32.7. The molecule has 4 aromatic carbocycles. The quantitative estimate of drug-likeness (QED) is 0.155. The van der Waals surface area contributed by atoms with Gasteiger partial charge in [-0.05, 0) is 27.1 Å². The first-order valence-electron chi connectivity index (χ1n) is 13.1. The predicted molar refractivity (Wildman–Crippen MR) is 160 cm³/mol. The van der Waals surface area contributed by atoms with Crippen LogP contribution in [0.1, 0.15) is 0 Å². The van der Waals surface area contributed by atoms with Crippen LogP contribution in [0.15, 0.2) is 97.1 Å². The summed E-state index contributed by atoms with van der Waals surface area (Å²) in [6.45, 7) is 0. The molecule has 0 aliphatic carbocycles. The number of hydrogen-bond acceptors (Lipinski definition) is 2. The maximum Gasteiger partial charge on any atom is 2.00 e. The van der Waals surface area contributed by atoms with Crippen molar-refractivity contribution in [3.05, 3.63) is 97.1 Å². The number of nitrogens with one attached hydrogen (secondary N) is 4. The average Bonchev–Trinajstić information content (AvgIpc) is 3.73. The Morgan fingerprint density at radius 3 is 1.56 bits per heavy atom. The number of hydrogen-bond donors (Lipinski definition) is 4. The van der Waals surface area contributed by atoms with Crippen molar-refractivity contribution in [3.63, 3.8) is 0 Å². The predicted octanol–water partition coefficient (Wildman–Crippen LogP) is 7.08. The first kappa shape index (κ1) is 23.6. The van der Waals surface area contributed by atoms with Crippen molar-refractivity contribution in [2.24, 2.45) is 0 Å². The molecule has 0 fully saturated rings. The summed E-state index contributed by atoms with van der Waals surface area (Å²) in [5, 5.41) is 6.06. The monoisotopic (exact) mass is 575 g/mol. The second kappa shape index (κ2) is 8.88. The van der Waals surface area contributed by atoms with E-state index in [0.717, 1.165) is 77.3 Å². The van der Waals surface area contributed by atoms with Crippen LogP contribution in [0.3, 0.4) is 0 Å². The molecule has 197 valence electrons. The summed E-state index contributed by atoms with van der Waals surface area (Å²) >= 11 is 0. The smallest absolute Gasteiger partial charge is 0.411 e.